The zero-order valence-electron chi connectivity index (χ0n) is 14.5. The van der Waals surface area contributed by atoms with Crippen molar-refractivity contribution in [3.05, 3.63) is 70.1 Å². The smallest absolute Gasteiger partial charge is 0.276 e. The Kier molecular flexibility index (Phi) is 4.93. The third-order valence-corrected chi connectivity index (χ3v) is 4.11. The lowest BCUT2D eigenvalue weighted by Crippen LogP contribution is -2.27. The molecule has 128 valence electrons. The molecule has 2 aromatic carbocycles. The molecular formula is C20H21N3O2. The monoisotopic (exact) mass is 335 g/mol. The lowest BCUT2D eigenvalue weighted by atomic mass is 10.1. The summed E-state index contributed by atoms with van der Waals surface area (Å²) >= 11 is 0. The minimum absolute atomic E-state index is 0.165. The van der Waals surface area contributed by atoms with Crippen LogP contribution in [0.4, 0.5) is 5.69 Å². The predicted molar refractivity (Wildman–Crippen MR) is 100 cm³/mol. The fraction of sp³-hybridized carbons (Fsp3) is 0.250. The third-order valence-electron chi connectivity index (χ3n) is 4.11. The normalized spacial score (nSPS) is 10.8. The van der Waals surface area contributed by atoms with Gasteiger partial charge in [0.2, 0.25) is 0 Å². The fourth-order valence-corrected chi connectivity index (χ4v) is 2.83. The van der Waals surface area contributed by atoms with Crippen LogP contribution in [0, 0.1) is 0 Å². The maximum Gasteiger partial charge on any atom is 0.276 e. The van der Waals surface area contributed by atoms with Crippen LogP contribution in [-0.4, -0.2) is 15.7 Å². The van der Waals surface area contributed by atoms with Crippen LogP contribution < -0.4 is 10.9 Å². The van der Waals surface area contributed by atoms with E-state index in [4.69, 9.17) is 0 Å². The van der Waals surface area contributed by atoms with Gasteiger partial charge in [0.15, 0.2) is 5.69 Å². The molecule has 1 amide bonds. The van der Waals surface area contributed by atoms with Crippen molar-refractivity contribution in [3.8, 4) is 0 Å². The fourth-order valence-electron chi connectivity index (χ4n) is 2.83. The van der Waals surface area contributed by atoms with Crippen LogP contribution in [0.5, 0.6) is 0 Å². The number of nitrogens with zero attached hydrogens (tertiary/aromatic N) is 2. The number of benzene rings is 2. The molecule has 0 aliphatic heterocycles. The molecule has 0 aliphatic carbocycles. The Hall–Kier alpha value is -2.95. The minimum atomic E-state index is -0.311. The van der Waals surface area contributed by atoms with Gasteiger partial charge in [-0.15, -0.1) is 0 Å². The molecule has 0 saturated heterocycles. The second-order valence-corrected chi connectivity index (χ2v) is 5.93. The second-order valence-electron chi connectivity index (χ2n) is 5.93. The van der Waals surface area contributed by atoms with E-state index in [1.165, 1.54) is 4.68 Å². The standard InChI is InChI=1S/C20H21N3O2/c1-3-12-23-20(25)17-11-6-5-10-16(17)18(22-23)19(24)21-15-9-7-8-14(4-2)13-15/h5-11,13H,3-4,12H2,1-2H3,(H,21,24). The van der Waals surface area contributed by atoms with E-state index in [1.54, 1.807) is 18.2 Å². The number of aryl methyl sites for hydroxylation is 2. The Morgan fingerprint density at radius 3 is 2.56 bits per heavy atom. The summed E-state index contributed by atoms with van der Waals surface area (Å²) in [5.41, 5.74) is 1.97. The lowest BCUT2D eigenvalue weighted by molar-refractivity contribution is 0.102. The first kappa shape index (κ1) is 16.9. The summed E-state index contributed by atoms with van der Waals surface area (Å²) in [4.78, 5) is 25.3. The van der Waals surface area contributed by atoms with Crippen molar-refractivity contribution in [2.45, 2.75) is 33.2 Å². The van der Waals surface area contributed by atoms with Crippen molar-refractivity contribution in [3.63, 3.8) is 0 Å². The highest BCUT2D eigenvalue weighted by molar-refractivity contribution is 6.11. The van der Waals surface area contributed by atoms with Crippen molar-refractivity contribution in [2.75, 3.05) is 5.32 Å². The van der Waals surface area contributed by atoms with E-state index < -0.39 is 0 Å². The van der Waals surface area contributed by atoms with E-state index in [0.29, 0.717) is 17.3 Å². The number of rotatable bonds is 5. The number of carbonyl (C=O) groups excluding carboxylic acids is 1. The highest BCUT2D eigenvalue weighted by atomic mass is 16.2. The van der Waals surface area contributed by atoms with Crippen LogP contribution in [0.15, 0.2) is 53.3 Å². The zero-order valence-corrected chi connectivity index (χ0v) is 14.5. The predicted octanol–water partition coefficient (Wildman–Crippen LogP) is 3.62. The molecule has 5 nitrogen and oxygen atoms in total. The van der Waals surface area contributed by atoms with Crippen LogP contribution >= 0.6 is 0 Å². The largest absolute Gasteiger partial charge is 0.321 e. The number of carbonyl (C=O) groups is 1. The first-order chi connectivity index (χ1) is 12.1. The molecule has 25 heavy (non-hydrogen) atoms. The Morgan fingerprint density at radius 2 is 1.84 bits per heavy atom. The molecule has 0 bridgehead atoms. The number of amides is 1. The van der Waals surface area contributed by atoms with Gasteiger partial charge in [0.1, 0.15) is 0 Å². The summed E-state index contributed by atoms with van der Waals surface area (Å²) in [6, 6.07) is 14.8. The number of fused-ring (bicyclic) bond motifs is 1. The van der Waals surface area contributed by atoms with Gasteiger partial charge in [-0.2, -0.15) is 5.10 Å². The third kappa shape index (κ3) is 3.45. The Labute approximate surface area is 146 Å². The van der Waals surface area contributed by atoms with Gasteiger partial charge in [0.25, 0.3) is 11.5 Å². The van der Waals surface area contributed by atoms with Crippen molar-refractivity contribution in [2.24, 2.45) is 0 Å². The van der Waals surface area contributed by atoms with Gasteiger partial charge < -0.3 is 5.32 Å². The molecule has 1 N–H and O–H groups in total. The second kappa shape index (κ2) is 7.30. The Morgan fingerprint density at radius 1 is 1.08 bits per heavy atom. The maximum atomic E-state index is 12.8. The van der Waals surface area contributed by atoms with E-state index in [0.717, 1.165) is 24.1 Å². The van der Waals surface area contributed by atoms with Crippen LogP contribution in [0.1, 0.15) is 36.3 Å². The average Bonchev–Trinajstić information content (AvgIpc) is 2.64. The van der Waals surface area contributed by atoms with Crippen LogP contribution in [0.3, 0.4) is 0 Å². The number of nitrogens with one attached hydrogen (secondary N) is 1. The van der Waals surface area contributed by atoms with Gasteiger partial charge in [-0.25, -0.2) is 4.68 Å². The molecule has 0 unspecified atom stereocenters. The van der Waals surface area contributed by atoms with Gasteiger partial charge in [0, 0.05) is 17.6 Å². The first-order valence-corrected chi connectivity index (χ1v) is 8.54. The van der Waals surface area contributed by atoms with Crippen LogP contribution in [-0.2, 0) is 13.0 Å². The summed E-state index contributed by atoms with van der Waals surface area (Å²) in [5.74, 6) is -0.311. The lowest BCUT2D eigenvalue weighted by Gasteiger charge is -2.11. The zero-order chi connectivity index (χ0) is 17.8. The van der Waals surface area contributed by atoms with E-state index in [-0.39, 0.29) is 17.2 Å². The Balaban J connectivity index is 2.05. The molecule has 5 heteroatoms. The van der Waals surface area contributed by atoms with E-state index in [1.807, 2.05) is 37.3 Å². The first-order valence-electron chi connectivity index (χ1n) is 8.54. The number of hydrogen-bond acceptors (Lipinski definition) is 3. The van der Waals surface area contributed by atoms with Crippen LogP contribution in [0.2, 0.25) is 0 Å². The van der Waals surface area contributed by atoms with Gasteiger partial charge in [0.05, 0.1) is 5.39 Å². The Bertz CT molecular complexity index is 976. The minimum Gasteiger partial charge on any atom is -0.321 e. The molecule has 1 aromatic heterocycles. The maximum absolute atomic E-state index is 12.8. The highest BCUT2D eigenvalue weighted by Crippen LogP contribution is 2.17. The number of hydrogen-bond donors (Lipinski definition) is 1. The molecule has 0 spiro atoms. The molecule has 0 radical (unpaired) electrons. The molecule has 1 heterocycles. The molecule has 0 atom stereocenters. The number of anilines is 1. The quantitative estimate of drug-likeness (QED) is 0.774. The summed E-state index contributed by atoms with van der Waals surface area (Å²) in [6.07, 6.45) is 1.66. The molecular weight excluding hydrogens is 314 g/mol. The van der Waals surface area contributed by atoms with Crippen molar-refractivity contribution >= 4 is 22.4 Å². The summed E-state index contributed by atoms with van der Waals surface area (Å²) in [7, 11) is 0. The molecule has 3 rings (SSSR count). The van der Waals surface area contributed by atoms with Gasteiger partial charge in [-0.1, -0.05) is 44.2 Å². The molecule has 0 fully saturated rings. The van der Waals surface area contributed by atoms with E-state index in [9.17, 15) is 9.59 Å². The summed E-state index contributed by atoms with van der Waals surface area (Å²) in [6.45, 7) is 4.52. The van der Waals surface area contributed by atoms with Crippen molar-refractivity contribution < 1.29 is 4.79 Å². The van der Waals surface area contributed by atoms with Crippen molar-refractivity contribution in [1.82, 2.24) is 9.78 Å². The summed E-state index contributed by atoms with van der Waals surface area (Å²) < 4.78 is 1.37. The van der Waals surface area contributed by atoms with Crippen LogP contribution in [0.25, 0.3) is 10.8 Å². The average molecular weight is 335 g/mol. The van der Waals surface area contributed by atoms with Crippen molar-refractivity contribution in [1.29, 1.82) is 0 Å². The van der Waals surface area contributed by atoms with Gasteiger partial charge in [-0.05, 0) is 36.6 Å². The van der Waals surface area contributed by atoms with E-state index >= 15 is 0 Å². The molecule has 0 aliphatic rings. The summed E-state index contributed by atoms with van der Waals surface area (Å²) in [5, 5.41) is 8.30. The SMILES string of the molecule is CCCn1nc(C(=O)Nc2cccc(CC)c2)c2ccccc2c1=O. The molecule has 0 saturated carbocycles. The number of aromatic nitrogens is 2. The van der Waals surface area contributed by atoms with Gasteiger partial charge in [-0.3, -0.25) is 9.59 Å². The van der Waals surface area contributed by atoms with Gasteiger partial charge >= 0.3 is 0 Å². The topological polar surface area (TPSA) is 64.0 Å². The highest BCUT2D eigenvalue weighted by Gasteiger charge is 2.16. The van der Waals surface area contributed by atoms with E-state index in [2.05, 4.69) is 17.3 Å². The molecule has 3 aromatic rings.